The average Bonchev–Trinajstić information content (AvgIpc) is 4.19. The van der Waals surface area contributed by atoms with E-state index in [1.807, 2.05) is 78.9 Å². The molecule has 0 aliphatic carbocycles. The maximum absolute atomic E-state index is 6.71. The molecule has 5 aromatic heterocycles. The van der Waals surface area contributed by atoms with Gasteiger partial charge in [-0.2, -0.15) is 0 Å². The van der Waals surface area contributed by atoms with Gasteiger partial charge in [-0.05, 0) is 101 Å². The standard InChI is InChI=1S/C63H36N4O3/c1-3-14-37(15-4-1)61-64-62(40-27-30-46-45-19-8-11-23-53(45)69-57(46)35-40)66-63(65-61)48-21-13-25-56-60(48)50-32-39(28-31-55(50)68-56)49-33-41(36-58-59(49)47-20-9-12-24-54(47)70-58)38-26-29-44-43-18-7-10-22-51(43)67(52(44)34-38)42-16-5-2-6-17-42/h1-36H. The lowest BCUT2D eigenvalue weighted by atomic mass is 9.93. The van der Waals surface area contributed by atoms with Gasteiger partial charge < -0.3 is 17.8 Å². The molecule has 15 rings (SSSR count). The molecule has 0 aliphatic heterocycles. The van der Waals surface area contributed by atoms with Crippen LogP contribution in [0.1, 0.15) is 0 Å². The second-order valence-electron chi connectivity index (χ2n) is 17.9. The van der Waals surface area contributed by atoms with Gasteiger partial charge in [-0.3, -0.25) is 0 Å². The number of para-hydroxylation sites is 4. The van der Waals surface area contributed by atoms with Crippen LogP contribution in [0.25, 0.3) is 150 Å². The molecular weight excluding hydrogens is 861 g/mol. The maximum Gasteiger partial charge on any atom is 0.164 e. The smallest absolute Gasteiger partial charge is 0.164 e. The van der Waals surface area contributed by atoms with Crippen molar-refractivity contribution in [3.8, 4) is 62.1 Å². The number of hydrogen-bond donors (Lipinski definition) is 0. The minimum atomic E-state index is 0.542. The van der Waals surface area contributed by atoms with E-state index in [4.69, 9.17) is 28.2 Å². The number of rotatable bonds is 6. The number of fused-ring (bicyclic) bond motifs is 12. The molecule has 0 saturated heterocycles. The van der Waals surface area contributed by atoms with Gasteiger partial charge in [0.15, 0.2) is 17.5 Å². The Morgan fingerprint density at radius 1 is 0.271 bits per heavy atom. The first-order chi connectivity index (χ1) is 34.7. The number of furan rings is 3. The summed E-state index contributed by atoms with van der Waals surface area (Å²) in [5, 5.41) is 8.53. The van der Waals surface area contributed by atoms with Crippen LogP contribution in [0.15, 0.2) is 232 Å². The maximum atomic E-state index is 6.71. The zero-order valence-electron chi connectivity index (χ0n) is 37.3. The van der Waals surface area contributed by atoms with Crippen LogP contribution in [0.3, 0.4) is 0 Å². The minimum Gasteiger partial charge on any atom is -0.456 e. The van der Waals surface area contributed by atoms with E-state index in [2.05, 4.69) is 144 Å². The Kier molecular flexibility index (Phi) is 8.23. The molecule has 0 fully saturated rings. The molecule has 0 saturated carbocycles. The van der Waals surface area contributed by atoms with Crippen molar-refractivity contribution in [3.63, 3.8) is 0 Å². The molecule has 0 spiro atoms. The van der Waals surface area contributed by atoms with Gasteiger partial charge in [0, 0.05) is 65.5 Å². The van der Waals surface area contributed by atoms with Crippen molar-refractivity contribution in [2.75, 3.05) is 0 Å². The van der Waals surface area contributed by atoms with Crippen LogP contribution < -0.4 is 0 Å². The summed E-state index contributed by atoms with van der Waals surface area (Å²) in [5.74, 6) is 1.66. The SMILES string of the molecule is c1ccc(-c2nc(-c3ccc4c(c3)oc3ccccc34)nc(-c3cccc4oc5ccc(-c6cc(-c7ccc8c9ccccc9n(-c9ccccc9)c8c7)cc7oc8ccccc8c67)cc5c34)n2)cc1. The Morgan fingerprint density at radius 2 is 0.843 bits per heavy atom. The van der Waals surface area contributed by atoms with Crippen LogP contribution in [0, 0.1) is 0 Å². The van der Waals surface area contributed by atoms with Crippen molar-refractivity contribution in [2.45, 2.75) is 0 Å². The monoisotopic (exact) mass is 896 g/mol. The molecule has 0 amide bonds. The summed E-state index contributed by atoms with van der Waals surface area (Å²) in [6.07, 6.45) is 0. The van der Waals surface area contributed by atoms with Crippen molar-refractivity contribution in [1.82, 2.24) is 19.5 Å². The molecule has 10 aromatic carbocycles. The molecule has 0 N–H and O–H groups in total. The highest BCUT2D eigenvalue weighted by atomic mass is 16.3. The van der Waals surface area contributed by atoms with Gasteiger partial charge in [0.2, 0.25) is 0 Å². The number of aromatic nitrogens is 4. The van der Waals surface area contributed by atoms with Gasteiger partial charge in [-0.25, -0.2) is 15.0 Å². The lowest BCUT2D eigenvalue weighted by Crippen LogP contribution is -2.00. The first-order valence-corrected chi connectivity index (χ1v) is 23.4. The Balaban J connectivity index is 0.930. The van der Waals surface area contributed by atoms with Crippen molar-refractivity contribution in [3.05, 3.63) is 218 Å². The summed E-state index contributed by atoms with van der Waals surface area (Å²) in [6, 6.07) is 75.8. The molecule has 0 unspecified atom stereocenters. The first-order valence-electron chi connectivity index (χ1n) is 23.4. The Morgan fingerprint density at radius 3 is 1.70 bits per heavy atom. The summed E-state index contributed by atoms with van der Waals surface area (Å²) >= 11 is 0. The van der Waals surface area contributed by atoms with E-state index < -0.39 is 0 Å². The van der Waals surface area contributed by atoms with Crippen LogP contribution in [-0.4, -0.2) is 19.5 Å². The molecule has 0 atom stereocenters. The van der Waals surface area contributed by atoms with Crippen molar-refractivity contribution < 1.29 is 13.3 Å². The Hall–Kier alpha value is -9.59. The normalized spacial score (nSPS) is 12.0. The van der Waals surface area contributed by atoms with Crippen molar-refractivity contribution >= 4 is 87.6 Å². The Bertz CT molecular complexity index is 4600. The largest absolute Gasteiger partial charge is 0.456 e. The summed E-state index contributed by atoms with van der Waals surface area (Å²) in [4.78, 5) is 15.5. The van der Waals surface area contributed by atoms with Crippen LogP contribution in [-0.2, 0) is 0 Å². The predicted octanol–water partition coefficient (Wildman–Crippen LogP) is 17.0. The Labute approximate surface area is 399 Å². The van der Waals surface area contributed by atoms with Gasteiger partial charge in [-0.1, -0.05) is 140 Å². The van der Waals surface area contributed by atoms with Crippen LogP contribution in [0.4, 0.5) is 0 Å². The molecule has 0 bridgehead atoms. The highest BCUT2D eigenvalue weighted by molar-refractivity contribution is 6.17. The van der Waals surface area contributed by atoms with E-state index in [1.54, 1.807) is 0 Å². The number of hydrogen-bond acceptors (Lipinski definition) is 6. The quantitative estimate of drug-likeness (QED) is 0.165. The first kappa shape index (κ1) is 38.5. The fraction of sp³-hybridized carbons (Fsp3) is 0. The zero-order chi connectivity index (χ0) is 45.9. The molecule has 7 heteroatoms. The van der Waals surface area contributed by atoms with E-state index in [0.29, 0.717) is 17.5 Å². The molecule has 326 valence electrons. The third-order valence-corrected chi connectivity index (χ3v) is 13.9. The molecule has 7 nitrogen and oxygen atoms in total. The summed E-state index contributed by atoms with van der Waals surface area (Å²) in [7, 11) is 0. The zero-order valence-corrected chi connectivity index (χ0v) is 37.3. The fourth-order valence-electron chi connectivity index (χ4n) is 10.6. The van der Waals surface area contributed by atoms with Crippen LogP contribution in [0.2, 0.25) is 0 Å². The van der Waals surface area contributed by atoms with E-state index in [1.165, 1.54) is 16.3 Å². The molecule has 5 heterocycles. The van der Waals surface area contributed by atoms with E-state index >= 15 is 0 Å². The van der Waals surface area contributed by atoms with Gasteiger partial charge >= 0.3 is 0 Å². The second-order valence-corrected chi connectivity index (χ2v) is 17.9. The summed E-state index contributed by atoms with van der Waals surface area (Å²) in [6.45, 7) is 0. The van der Waals surface area contributed by atoms with Gasteiger partial charge in [0.05, 0.1) is 11.0 Å². The van der Waals surface area contributed by atoms with Gasteiger partial charge in [-0.15, -0.1) is 0 Å². The molecule has 70 heavy (non-hydrogen) atoms. The predicted molar refractivity (Wildman–Crippen MR) is 283 cm³/mol. The van der Waals surface area contributed by atoms with Crippen molar-refractivity contribution in [2.24, 2.45) is 0 Å². The van der Waals surface area contributed by atoms with Crippen LogP contribution in [0.5, 0.6) is 0 Å². The fourth-order valence-corrected chi connectivity index (χ4v) is 10.6. The number of benzene rings is 10. The summed E-state index contributed by atoms with van der Waals surface area (Å²) in [5.41, 5.74) is 15.0. The minimum absolute atomic E-state index is 0.542. The highest BCUT2D eigenvalue weighted by Gasteiger charge is 2.22. The third-order valence-electron chi connectivity index (χ3n) is 13.9. The van der Waals surface area contributed by atoms with Crippen LogP contribution >= 0.6 is 0 Å². The van der Waals surface area contributed by atoms with Crippen molar-refractivity contribution in [1.29, 1.82) is 0 Å². The average molecular weight is 897 g/mol. The van der Waals surface area contributed by atoms with E-state index in [0.717, 1.165) is 116 Å². The topological polar surface area (TPSA) is 83.0 Å². The lowest BCUT2D eigenvalue weighted by molar-refractivity contribution is 0.668. The molecule has 0 aliphatic rings. The lowest BCUT2D eigenvalue weighted by Gasteiger charge is -2.11. The number of nitrogens with zero attached hydrogens (tertiary/aromatic N) is 4. The van der Waals surface area contributed by atoms with E-state index in [9.17, 15) is 0 Å². The highest BCUT2D eigenvalue weighted by Crippen LogP contribution is 2.44. The molecule has 15 aromatic rings. The van der Waals surface area contributed by atoms with Gasteiger partial charge in [0.25, 0.3) is 0 Å². The molecular formula is C63H36N4O3. The second kappa shape index (κ2) is 15.0. The molecule has 0 radical (unpaired) electrons. The van der Waals surface area contributed by atoms with Gasteiger partial charge in [0.1, 0.15) is 33.5 Å². The third kappa shape index (κ3) is 5.91. The van der Waals surface area contributed by atoms with E-state index in [-0.39, 0.29) is 0 Å². The summed E-state index contributed by atoms with van der Waals surface area (Å²) < 4.78 is 22.1.